The lowest BCUT2D eigenvalue weighted by atomic mass is 10.0. The normalized spacial score (nSPS) is 15.8. The predicted molar refractivity (Wildman–Crippen MR) is 150 cm³/mol. The molecule has 0 saturated carbocycles. The second kappa shape index (κ2) is 10.7. The van der Waals surface area contributed by atoms with Crippen molar-refractivity contribution >= 4 is 38.6 Å². The van der Waals surface area contributed by atoms with Crippen LogP contribution in [0.4, 0.5) is 4.79 Å². The molecule has 0 spiro atoms. The van der Waals surface area contributed by atoms with Gasteiger partial charge in [-0.25, -0.2) is 22.2 Å². The zero-order chi connectivity index (χ0) is 28.6. The number of rotatable bonds is 7. The van der Waals surface area contributed by atoms with Crippen LogP contribution in [0.15, 0.2) is 78.1 Å². The number of nitrogens with zero attached hydrogens (tertiary/aromatic N) is 6. The van der Waals surface area contributed by atoms with E-state index in [-0.39, 0.29) is 23.5 Å². The standard InChI is InChI=1S/C28H27N7O5S/c36-27(25-9-4-5-16-33(25)28(37)38)30-14-11-19-17-22-21(23-18-32-35-24(23)10-6-13-31-35)12-15-29-26(22)34(19)41(39,40)20-7-2-1-3-8-20/h1-3,6-8,10,12-13,15,17-18,25H,4-5,9,11,14,16H2,(H,30,36)(H,37,38)/t25-/m1/s1. The number of aromatic nitrogens is 5. The van der Waals surface area contributed by atoms with E-state index < -0.39 is 28.1 Å². The second-order valence-corrected chi connectivity index (χ2v) is 11.6. The van der Waals surface area contributed by atoms with Crippen LogP contribution in [-0.2, 0) is 21.2 Å². The van der Waals surface area contributed by atoms with Gasteiger partial charge in [0.05, 0.1) is 16.6 Å². The molecule has 5 heterocycles. The molecule has 0 radical (unpaired) electrons. The van der Waals surface area contributed by atoms with Crippen LogP contribution < -0.4 is 5.32 Å². The van der Waals surface area contributed by atoms with Crippen LogP contribution >= 0.6 is 0 Å². The fourth-order valence-corrected chi connectivity index (χ4v) is 6.94. The Labute approximate surface area is 235 Å². The fraction of sp³-hybridized carbons (Fsp3) is 0.250. The minimum atomic E-state index is -4.05. The van der Waals surface area contributed by atoms with E-state index in [1.807, 2.05) is 6.07 Å². The number of hydrogen-bond acceptors (Lipinski definition) is 7. The monoisotopic (exact) mass is 573 g/mol. The number of carbonyl (C=O) groups is 2. The highest BCUT2D eigenvalue weighted by atomic mass is 32.2. The third-order valence-electron chi connectivity index (χ3n) is 7.34. The molecule has 2 N–H and O–H groups in total. The van der Waals surface area contributed by atoms with E-state index in [0.29, 0.717) is 30.5 Å². The number of pyridine rings is 1. The van der Waals surface area contributed by atoms with Crippen molar-refractivity contribution in [2.24, 2.45) is 0 Å². The number of amides is 2. The van der Waals surface area contributed by atoms with Crippen LogP contribution in [0.5, 0.6) is 0 Å². The molecule has 210 valence electrons. The van der Waals surface area contributed by atoms with Crippen LogP contribution in [0.25, 0.3) is 27.7 Å². The molecule has 0 unspecified atom stereocenters. The first-order valence-corrected chi connectivity index (χ1v) is 14.7. The first kappa shape index (κ1) is 26.4. The highest BCUT2D eigenvalue weighted by Crippen LogP contribution is 2.34. The third-order valence-corrected chi connectivity index (χ3v) is 9.10. The summed E-state index contributed by atoms with van der Waals surface area (Å²) in [5, 5.41) is 21.5. The molecule has 1 aliphatic rings. The molecular formula is C28H27N7O5S. The zero-order valence-electron chi connectivity index (χ0n) is 21.9. The van der Waals surface area contributed by atoms with Gasteiger partial charge in [-0.15, -0.1) is 0 Å². The van der Waals surface area contributed by atoms with Crippen molar-refractivity contribution in [1.29, 1.82) is 0 Å². The lowest BCUT2D eigenvalue weighted by Crippen LogP contribution is -2.51. The van der Waals surface area contributed by atoms with Crippen LogP contribution in [0.2, 0.25) is 0 Å². The van der Waals surface area contributed by atoms with Crippen molar-refractivity contribution in [3.63, 3.8) is 0 Å². The minimum absolute atomic E-state index is 0.106. The van der Waals surface area contributed by atoms with E-state index in [0.717, 1.165) is 28.0 Å². The third kappa shape index (κ3) is 4.78. The van der Waals surface area contributed by atoms with Gasteiger partial charge in [0.15, 0.2) is 5.65 Å². The molecule has 1 atom stereocenters. The smallest absolute Gasteiger partial charge is 0.407 e. The Bertz CT molecular complexity index is 1870. The van der Waals surface area contributed by atoms with Crippen molar-refractivity contribution in [2.45, 2.75) is 36.6 Å². The van der Waals surface area contributed by atoms with Gasteiger partial charge in [-0.05, 0) is 61.2 Å². The van der Waals surface area contributed by atoms with Crippen LogP contribution in [0.1, 0.15) is 25.0 Å². The second-order valence-electron chi connectivity index (χ2n) is 9.80. The van der Waals surface area contributed by atoms with Crippen LogP contribution in [-0.4, -0.2) is 73.3 Å². The van der Waals surface area contributed by atoms with Gasteiger partial charge in [0.1, 0.15) is 6.04 Å². The summed E-state index contributed by atoms with van der Waals surface area (Å²) in [4.78, 5) is 30.3. The first-order valence-electron chi connectivity index (χ1n) is 13.2. The molecule has 2 amide bonds. The fourth-order valence-electron chi connectivity index (χ4n) is 5.41. The number of hydrogen-bond donors (Lipinski definition) is 2. The highest BCUT2D eigenvalue weighted by molar-refractivity contribution is 7.90. The number of carboxylic acid groups (broad SMARTS) is 1. The quantitative estimate of drug-likeness (QED) is 0.301. The molecule has 0 aliphatic carbocycles. The van der Waals surface area contributed by atoms with Gasteiger partial charge >= 0.3 is 6.09 Å². The Balaban J connectivity index is 1.39. The number of benzene rings is 1. The van der Waals surface area contributed by atoms with Crippen molar-refractivity contribution < 1.29 is 23.1 Å². The van der Waals surface area contributed by atoms with Gasteiger partial charge < -0.3 is 10.4 Å². The summed E-state index contributed by atoms with van der Waals surface area (Å²) >= 11 is 0. The Kier molecular flexibility index (Phi) is 6.87. The number of likely N-dealkylation sites (tertiary alicyclic amines) is 1. The molecule has 12 nitrogen and oxygen atoms in total. The first-order chi connectivity index (χ1) is 19.9. The average Bonchev–Trinajstić information content (AvgIpc) is 3.59. The van der Waals surface area contributed by atoms with E-state index >= 15 is 0 Å². The molecule has 41 heavy (non-hydrogen) atoms. The van der Waals surface area contributed by atoms with Crippen molar-refractivity contribution in [1.82, 2.24) is 34.0 Å². The zero-order valence-corrected chi connectivity index (χ0v) is 22.7. The lowest BCUT2D eigenvalue weighted by Gasteiger charge is -2.32. The summed E-state index contributed by atoms with van der Waals surface area (Å²) in [6.45, 7) is 0.421. The van der Waals surface area contributed by atoms with E-state index in [9.17, 15) is 23.1 Å². The average molecular weight is 574 g/mol. The topological polar surface area (TPSA) is 152 Å². The van der Waals surface area contributed by atoms with Gasteiger partial charge in [-0.3, -0.25) is 9.69 Å². The minimum Gasteiger partial charge on any atom is -0.465 e. The Morgan fingerprint density at radius 1 is 1.00 bits per heavy atom. The maximum absolute atomic E-state index is 13.9. The van der Waals surface area contributed by atoms with Crippen LogP contribution in [0, 0.1) is 0 Å². The van der Waals surface area contributed by atoms with E-state index in [1.54, 1.807) is 55.0 Å². The highest BCUT2D eigenvalue weighted by Gasteiger charge is 2.32. The van der Waals surface area contributed by atoms with Gasteiger partial charge in [0.25, 0.3) is 10.0 Å². The van der Waals surface area contributed by atoms with Crippen molar-refractivity contribution in [3.05, 3.63) is 78.9 Å². The molecule has 5 aromatic rings. The van der Waals surface area contributed by atoms with E-state index in [4.69, 9.17) is 0 Å². The van der Waals surface area contributed by atoms with Crippen LogP contribution in [0.3, 0.4) is 0 Å². The Hall–Kier alpha value is -4.78. The van der Waals surface area contributed by atoms with Crippen molar-refractivity contribution in [2.75, 3.05) is 13.1 Å². The van der Waals surface area contributed by atoms with Crippen molar-refractivity contribution in [3.8, 4) is 11.1 Å². The molecular weight excluding hydrogens is 546 g/mol. The summed E-state index contributed by atoms with van der Waals surface area (Å²) in [6, 6.07) is 14.6. The Morgan fingerprint density at radius 3 is 2.63 bits per heavy atom. The van der Waals surface area contributed by atoms with Gasteiger partial charge in [-0.1, -0.05) is 18.2 Å². The molecule has 1 fully saturated rings. The van der Waals surface area contributed by atoms with Gasteiger partial charge in [0.2, 0.25) is 5.91 Å². The Morgan fingerprint density at radius 2 is 1.83 bits per heavy atom. The largest absolute Gasteiger partial charge is 0.465 e. The number of nitrogens with one attached hydrogen (secondary N) is 1. The molecule has 1 saturated heterocycles. The maximum Gasteiger partial charge on any atom is 0.407 e. The molecule has 4 aromatic heterocycles. The SMILES string of the molecule is O=C(NCCc1cc2c(-c3cnn4ncccc34)ccnc2n1S(=O)(=O)c1ccccc1)[C@H]1CCCCN1C(=O)O. The lowest BCUT2D eigenvalue weighted by molar-refractivity contribution is -0.126. The molecule has 13 heteroatoms. The van der Waals surface area contributed by atoms with Gasteiger partial charge in [-0.2, -0.15) is 14.8 Å². The summed E-state index contributed by atoms with van der Waals surface area (Å²) in [6.07, 6.45) is 5.84. The molecule has 0 bridgehead atoms. The van der Waals surface area contributed by atoms with Gasteiger partial charge in [0, 0.05) is 48.5 Å². The summed E-state index contributed by atoms with van der Waals surface area (Å²) in [7, 11) is -4.05. The summed E-state index contributed by atoms with van der Waals surface area (Å²) < 4.78 is 30.6. The predicted octanol–water partition coefficient (Wildman–Crippen LogP) is 3.17. The van der Waals surface area contributed by atoms with E-state index in [1.165, 1.54) is 20.7 Å². The maximum atomic E-state index is 13.9. The number of piperidine rings is 1. The molecule has 6 rings (SSSR count). The molecule has 1 aromatic carbocycles. The number of fused-ring (bicyclic) bond motifs is 2. The molecule has 1 aliphatic heterocycles. The number of carbonyl (C=O) groups excluding carboxylic acids is 1. The van der Waals surface area contributed by atoms with E-state index in [2.05, 4.69) is 20.5 Å². The summed E-state index contributed by atoms with van der Waals surface area (Å²) in [5.74, 6) is -0.390. The summed E-state index contributed by atoms with van der Waals surface area (Å²) in [5.41, 5.74) is 2.94.